The lowest BCUT2D eigenvalue weighted by atomic mass is 10.1. The van der Waals surface area contributed by atoms with Crippen LogP contribution in [0.25, 0.3) is 22.6 Å². The molecule has 0 radical (unpaired) electrons. The quantitative estimate of drug-likeness (QED) is 0.674. The third-order valence-corrected chi connectivity index (χ3v) is 3.56. The van der Waals surface area contributed by atoms with Crippen molar-refractivity contribution in [1.82, 2.24) is 4.98 Å². The summed E-state index contributed by atoms with van der Waals surface area (Å²) in [5.41, 5.74) is 11.4. The van der Waals surface area contributed by atoms with Crippen LogP contribution in [0.15, 0.2) is 39.2 Å². The molecule has 3 nitrogen and oxygen atoms in total. The first-order chi connectivity index (χ1) is 9.04. The van der Waals surface area contributed by atoms with Crippen molar-refractivity contribution in [2.45, 2.75) is 13.8 Å². The lowest BCUT2D eigenvalue weighted by Gasteiger charge is -2.01. The maximum atomic E-state index is 5.99. The Kier molecular flexibility index (Phi) is 2.82. The molecule has 2 N–H and O–H groups in total. The van der Waals surface area contributed by atoms with Crippen molar-refractivity contribution < 1.29 is 4.42 Å². The predicted octanol–water partition coefficient (Wildman–Crippen LogP) is 4.46. The van der Waals surface area contributed by atoms with E-state index in [1.54, 1.807) is 0 Å². The smallest absolute Gasteiger partial charge is 0.229 e. The SMILES string of the molecule is Cc1cc(C)c2oc(-c3cc(Br)ccc3N)nc2c1. The number of nitrogens with zero attached hydrogens (tertiary/aromatic N) is 1. The summed E-state index contributed by atoms with van der Waals surface area (Å²) in [6.07, 6.45) is 0. The van der Waals surface area contributed by atoms with Crippen LogP contribution in [0.4, 0.5) is 5.69 Å². The van der Waals surface area contributed by atoms with Crippen molar-refractivity contribution in [3.8, 4) is 11.5 Å². The minimum absolute atomic E-state index is 0.558. The fourth-order valence-electron chi connectivity index (χ4n) is 2.21. The summed E-state index contributed by atoms with van der Waals surface area (Å²) in [4.78, 5) is 4.54. The minimum Gasteiger partial charge on any atom is -0.436 e. The molecule has 0 aliphatic heterocycles. The zero-order valence-electron chi connectivity index (χ0n) is 10.7. The number of rotatable bonds is 1. The number of hydrogen-bond donors (Lipinski definition) is 1. The molecule has 2 aromatic carbocycles. The first-order valence-corrected chi connectivity index (χ1v) is 6.77. The average molecular weight is 317 g/mol. The van der Waals surface area contributed by atoms with E-state index in [1.807, 2.05) is 38.1 Å². The summed E-state index contributed by atoms with van der Waals surface area (Å²) in [6.45, 7) is 4.07. The van der Waals surface area contributed by atoms with Gasteiger partial charge >= 0.3 is 0 Å². The van der Waals surface area contributed by atoms with Gasteiger partial charge in [-0.05, 0) is 49.2 Å². The standard InChI is InChI=1S/C15H13BrN2O/c1-8-5-9(2)14-13(6-8)18-15(19-14)11-7-10(16)3-4-12(11)17/h3-7H,17H2,1-2H3. The fraction of sp³-hybridized carbons (Fsp3) is 0.133. The first-order valence-electron chi connectivity index (χ1n) is 5.98. The maximum absolute atomic E-state index is 5.99. The topological polar surface area (TPSA) is 52.0 Å². The molecule has 0 spiro atoms. The summed E-state index contributed by atoms with van der Waals surface area (Å²) >= 11 is 3.44. The lowest BCUT2D eigenvalue weighted by molar-refractivity contribution is 0.617. The number of hydrogen-bond acceptors (Lipinski definition) is 3. The van der Waals surface area contributed by atoms with E-state index in [9.17, 15) is 0 Å². The van der Waals surface area contributed by atoms with Gasteiger partial charge in [0.2, 0.25) is 5.89 Å². The number of aromatic nitrogens is 1. The summed E-state index contributed by atoms with van der Waals surface area (Å²) in [6, 6.07) is 9.76. The van der Waals surface area contributed by atoms with Gasteiger partial charge in [0.25, 0.3) is 0 Å². The van der Waals surface area contributed by atoms with Crippen molar-refractivity contribution in [1.29, 1.82) is 0 Å². The van der Waals surface area contributed by atoms with Gasteiger partial charge in [-0.15, -0.1) is 0 Å². The third kappa shape index (κ3) is 2.12. The van der Waals surface area contributed by atoms with Gasteiger partial charge in [0, 0.05) is 10.2 Å². The minimum atomic E-state index is 0.558. The molecule has 0 unspecified atom stereocenters. The first kappa shape index (κ1) is 12.2. The molecule has 1 aromatic heterocycles. The van der Waals surface area contributed by atoms with E-state index in [4.69, 9.17) is 10.2 Å². The van der Waals surface area contributed by atoms with Gasteiger partial charge < -0.3 is 10.2 Å². The second-order valence-electron chi connectivity index (χ2n) is 4.68. The van der Waals surface area contributed by atoms with E-state index < -0.39 is 0 Å². The van der Waals surface area contributed by atoms with Crippen molar-refractivity contribution in [3.05, 3.63) is 45.9 Å². The molecule has 0 saturated heterocycles. The molecule has 0 atom stereocenters. The molecular formula is C15H13BrN2O. The fourth-order valence-corrected chi connectivity index (χ4v) is 2.57. The van der Waals surface area contributed by atoms with Crippen LogP contribution in [0, 0.1) is 13.8 Å². The summed E-state index contributed by atoms with van der Waals surface area (Å²) < 4.78 is 6.81. The number of halogens is 1. The summed E-state index contributed by atoms with van der Waals surface area (Å²) in [7, 11) is 0. The zero-order chi connectivity index (χ0) is 13.6. The van der Waals surface area contributed by atoms with E-state index in [0.29, 0.717) is 11.6 Å². The normalized spacial score (nSPS) is 11.1. The lowest BCUT2D eigenvalue weighted by Crippen LogP contribution is -1.89. The van der Waals surface area contributed by atoms with Crippen LogP contribution < -0.4 is 5.73 Å². The highest BCUT2D eigenvalue weighted by Gasteiger charge is 2.13. The predicted molar refractivity (Wildman–Crippen MR) is 81.0 cm³/mol. The average Bonchev–Trinajstić information content (AvgIpc) is 2.76. The molecule has 4 heteroatoms. The van der Waals surface area contributed by atoms with Crippen molar-refractivity contribution in [2.24, 2.45) is 0 Å². The van der Waals surface area contributed by atoms with Gasteiger partial charge in [0.15, 0.2) is 5.58 Å². The number of oxazole rings is 1. The van der Waals surface area contributed by atoms with E-state index in [2.05, 4.69) is 27.0 Å². The molecule has 0 saturated carbocycles. The van der Waals surface area contributed by atoms with Gasteiger partial charge in [-0.3, -0.25) is 0 Å². The van der Waals surface area contributed by atoms with Gasteiger partial charge in [-0.2, -0.15) is 0 Å². The zero-order valence-corrected chi connectivity index (χ0v) is 12.3. The van der Waals surface area contributed by atoms with E-state index in [1.165, 1.54) is 5.56 Å². The third-order valence-electron chi connectivity index (χ3n) is 3.07. The maximum Gasteiger partial charge on any atom is 0.229 e. The van der Waals surface area contributed by atoms with Crippen LogP contribution in [0.1, 0.15) is 11.1 Å². The highest BCUT2D eigenvalue weighted by Crippen LogP contribution is 2.32. The molecule has 3 aromatic rings. The number of benzene rings is 2. The van der Waals surface area contributed by atoms with Gasteiger partial charge in [0.1, 0.15) is 5.52 Å². The Hall–Kier alpha value is -1.81. The van der Waals surface area contributed by atoms with Gasteiger partial charge in [-0.1, -0.05) is 22.0 Å². The van der Waals surface area contributed by atoms with Crippen LogP contribution in [-0.4, -0.2) is 4.98 Å². The van der Waals surface area contributed by atoms with Crippen LogP contribution in [0.5, 0.6) is 0 Å². The molecular weight excluding hydrogens is 304 g/mol. The molecule has 0 aliphatic carbocycles. The Labute approximate surface area is 119 Å². The van der Waals surface area contributed by atoms with Crippen LogP contribution in [-0.2, 0) is 0 Å². The highest BCUT2D eigenvalue weighted by molar-refractivity contribution is 9.10. The van der Waals surface area contributed by atoms with Crippen molar-refractivity contribution >= 4 is 32.7 Å². The van der Waals surface area contributed by atoms with Crippen LogP contribution in [0.3, 0.4) is 0 Å². The Morgan fingerprint density at radius 2 is 1.95 bits per heavy atom. The van der Waals surface area contributed by atoms with E-state index >= 15 is 0 Å². The van der Waals surface area contributed by atoms with E-state index in [0.717, 1.165) is 26.7 Å². The Balaban J connectivity index is 2.26. The number of fused-ring (bicyclic) bond motifs is 1. The molecule has 19 heavy (non-hydrogen) atoms. The second-order valence-corrected chi connectivity index (χ2v) is 5.60. The number of nitrogen functional groups attached to an aromatic ring is 1. The molecule has 0 fully saturated rings. The van der Waals surface area contributed by atoms with E-state index in [-0.39, 0.29) is 0 Å². The number of anilines is 1. The summed E-state index contributed by atoms with van der Waals surface area (Å²) in [5, 5.41) is 0. The molecule has 3 rings (SSSR count). The largest absolute Gasteiger partial charge is 0.436 e. The van der Waals surface area contributed by atoms with Crippen LogP contribution in [0.2, 0.25) is 0 Å². The Bertz CT molecular complexity index is 777. The summed E-state index contributed by atoms with van der Waals surface area (Å²) in [5.74, 6) is 0.558. The molecule has 96 valence electrons. The van der Waals surface area contributed by atoms with Gasteiger partial charge in [0.05, 0.1) is 5.56 Å². The Morgan fingerprint density at radius 1 is 1.16 bits per heavy atom. The van der Waals surface area contributed by atoms with Crippen molar-refractivity contribution in [2.75, 3.05) is 5.73 Å². The molecule has 0 bridgehead atoms. The number of aryl methyl sites for hydroxylation is 2. The molecule has 0 aliphatic rings. The monoisotopic (exact) mass is 316 g/mol. The Morgan fingerprint density at radius 3 is 2.74 bits per heavy atom. The van der Waals surface area contributed by atoms with Crippen molar-refractivity contribution in [3.63, 3.8) is 0 Å². The second kappa shape index (κ2) is 4.38. The highest BCUT2D eigenvalue weighted by atomic mass is 79.9. The van der Waals surface area contributed by atoms with Gasteiger partial charge in [-0.25, -0.2) is 4.98 Å². The molecule has 1 heterocycles. The van der Waals surface area contributed by atoms with Crippen LogP contribution >= 0.6 is 15.9 Å². The number of nitrogens with two attached hydrogens (primary N) is 1. The molecule has 0 amide bonds.